The molecule has 0 aliphatic heterocycles. The number of anilines is 1. The molecule has 3 N–H and O–H groups in total. The minimum absolute atomic E-state index is 0.0600. The predicted octanol–water partition coefficient (Wildman–Crippen LogP) is 1.35. The number of carbonyl (C=O) groups excluding carboxylic acids is 1. The number of nitro benzene ring substituents is 1. The second-order valence-corrected chi connectivity index (χ2v) is 3.65. The van der Waals surface area contributed by atoms with Crippen LogP contribution in [0.15, 0.2) is 24.4 Å². The zero-order valence-corrected chi connectivity index (χ0v) is 9.91. The third-order valence-electron chi connectivity index (χ3n) is 2.58. The number of esters is 1. The first-order valence-corrected chi connectivity index (χ1v) is 5.21. The minimum atomic E-state index is -0.681. The molecule has 2 aromatic rings. The Bertz CT molecular complexity index is 650. The number of nitrogens with two attached hydrogens (primary N) is 1. The van der Waals surface area contributed by atoms with Crippen LogP contribution < -0.4 is 5.73 Å². The standard InChI is InChI=1S/C11H10N4O4/c1-19-11(16)6-3-2-4-8(15(17)18)9(6)7-5-13-14-10(7)12/h2-5H,1H3,(H3,12,13,14). The van der Waals surface area contributed by atoms with Crippen LogP contribution in [0.3, 0.4) is 0 Å². The Morgan fingerprint density at radius 3 is 2.79 bits per heavy atom. The summed E-state index contributed by atoms with van der Waals surface area (Å²) in [6.07, 6.45) is 1.32. The smallest absolute Gasteiger partial charge is 0.338 e. The molecule has 0 aliphatic carbocycles. The van der Waals surface area contributed by atoms with E-state index in [0.29, 0.717) is 0 Å². The van der Waals surface area contributed by atoms with Gasteiger partial charge in [0.1, 0.15) is 5.82 Å². The van der Waals surface area contributed by atoms with Crippen LogP contribution in [0.25, 0.3) is 11.1 Å². The van der Waals surface area contributed by atoms with Crippen molar-refractivity contribution in [3.05, 3.63) is 40.1 Å². The maximum Gasteiger partial charge on any atom is 0.338 e. The number of nitrogens with one attached hydrogen (secondary N) is 1. The van der Waals surface area contributed by atoms with Gasteiger partial charge in [0.05, 0.1) is 34.9 Å². The molecule has 2 rings (SSSR count). The summed E-state index contributed by atoms with van der Waals surface area (Å²) in [6, 6.07) is 4.12. The van der Waals surface area contributed by atoms with Crippen LogP contribution in [0.5, 0.6) is 0 Å². The summed E-state index contributed by atoms with van der Waals surface area (Å²) in [5, 5.41) is 17.2. The molecule has 0 saturated heterocycles. The van der Waals surface area contributed by atoms with Gasteiger partial charge in [0.15, 0.2) is 0 Å². The van der Waals surface area contributed by atoms with E-state index in [1.54, 1.807) is 0 Å². The normalized spacial score (nSPS) is 10.2. The van der Waals surface area contributed by atoms with Gasteiger partial charge in [0.2, 0.25) is 0 Å². The highest BCUT2D eigenvalue weighted by atomic mass is 16.6. The molecule has 19 heavy (non-hydrogen) atoms. The van der Waals surface area contributed by atoms with E-state index in [1.807, 2.05) is 0 Å². The average molecular weight is 262 g/mol. The van der Waals surface area contributed by atoms with Crippen molar-refractivity contribution in [1.82, 2.24) is 10.2 Å². The molecule has 98 valence electrons. The van der Waals surface area contributed by atoms with Crippen molar-refractivity contribution in [3.63, 3.8) is 0 Å². The van der Waals surface area contributed by atoms with E-state index in [4.69, 9.17) is 5.73 Å². The van der Waals surface area contributed by atoms with Gasteiger partial charge in [-0.15, -0.1) is 0 Å². The maximum atomic E-state index is 11.7. The molecule has 8 heteroatoms. The van der Waals surface area contributed by atoms with Crippen LogP contribution in [0.2, 0.25) is 0 Å². The molecule has 0 atom stereocenters. The average Bonchev–Trinajstić information content (AvgIpc) is 2.82. The lowest BCUT2D eigenvalue weighted by Gasteiger charge is -2.07. The lowest BCUT2D eigenvalue weighted by molar-refractivity contribution is -0.384. The summed E-state index contributed by atoms with van der Waals surface area (Å²) in [7, 11) is 1.20. The number of carbonyl (C=O) groups is 1. The number of nitrogens with zero attached hydrogens (tertiary/aromatic N) is 2. The van der Waals surface area contributed by atoms with Crippen LogP contribution in [0, 0.1) is 10.1 Å². The van der Waals surface area contributed by atoms with Crippen LogP contribution >= 0.6 is 0 Å². The fraction of sp³-hybridized carbons (Fsp3) is 0.0909. The van der Waals surface area contributed by atoms with Crippen LogP contribution in [0.1, 0.15) is 10.4 Å². The van der Waals surface area contributed by atoms with Gasteiger partial charge < -0.3 is 10.5 Å². The third-order valence-corrected chi connectivity index (χ3v) is 2.58. The SMILES string of the molecule is COC(=O)c1cccc([N+](=O)[O-])c1-c1cn[nH]c1N. The number of aromatic nitrogens is 2. The lowest BCUT2D eigenvalue weighted by Crippen LogP contribution is -2.06. The largest absolute Gasteiger partial charge is 0.465 e. The van der Waals surface area contributed by atoms with Gasteiger partial charge >= 0.3 is 5.97 Å². The number of nitrogen functional groups attached to an aromatic ring is 1. The molecule has 1 aromatic carbocycles. The van der Waals surface area contributed by atoms with Gasteiger partial charge in [-0.1, -0.05) is 6.07 Å². The van der Waals surface area contributed by atoms with Gasteiger partial charge in [-0.05, 0) is 6.07 Å². The van der Waals surface area contributed by atoms with Crippen LogP contribution in [-0.4, -0.2) is 28.2 Å². The summed E-state index contributed by atoms with van der Waals surface area (Å²) in [5.74, 6) is -0.543. The van der Waals surface area contributed by atoms with Crippen molar-refractivity contribution in [3.8, 4) is 11.1 Å². The van der Waals surface area contributed by atoms with E-state index in [1.165, 1.54) is 31.5 Å². The molecular formula is C11H10N4O4. The lowest BCUT2D eigenvalue weighted by atomic mass is 9.99. The van der Waals surface area contributed by atoms with Crippen LogP contribution in [0.4, 0.5) is 11.5 Å². The number of ether oxygens (including phenoxy) is 1. The van der Waals surface area contributed by atoms with E-state index in [-0.39, 0.29) is 28.2 Å². The van der Waals surface area contributed by atoms with Crippen molar-refractivity contribution in [1.29, 1.82) is 0 Å². The van der Waals surface area contributed by atoms with Crippen molar-refractivity contribution in [2.24, 2.45) is 0 Å². The molecule has 0 fully saturated rings. The molecule has 0 aliphatic rings. The molecule has 0 spiro atoms. The van der Waals surface area contributed by atoms with Crippen molar-refractivity contribution in [2.45, 2.75) is 0 Å². The minimum Gasteiger partial charge on any atom is -0.465 e. The Morgan fingerprint density at radius 2 is 2.26 bits per heavy atom. The summed E-state index contributed by atoms with van der Waals surface area (Å²) in [4.78, 5) is 22.2. The summed E-state index contributed by atoms with van der Waals surface area (Å²) < 4.78 is 4.62. The van der Waals surface area contributed by atoms with Crippen molar-refractivity contribution in [2.75, 3.05) is 12.8 Å². The second-order valence-electron chi connectivity index (χ2n) is 3.65. The van der Waals surface area contributed by atoms with E-state index < -0.39 is 10.9 Å². The molecule has 0 radical (unpaired) electrons. The number of hydrogen-bond donors (Lipinski definition) is 2. The van der Waals surface area contributed by atoms with E-state index in [0.717, 1.165) is 0 Å². The van der Waals surface area contributed by atoms with Gasteiger partial charge in [0, 0.05) is 6.07 Å². The summed E-state index contributed by atoms with van der Waals surface area (Å²) in [6.45, 7) is 0. The number of hydrogen-bond acceptors (Lipinski definition) is 6. The molecule has 0 saturated carbocycles. The predicted molar refractivity (Wildman–Crippen MR) is 66.4 cm³/mol. The summed E-state index contributed by atoms with van der Waals surface area (Å²) in [5.41, 5.74) is 5.85. The Kier molecular flexibility index (Phi) is 3.15. The second kappa shape index (κ2) is 4.77. The first-order chi connectivity index (χ1) is 9.06. The molecule has 1 heterocycles. The number of benzene rings is 1. The Labute approximate surface area is 107 Å². The number of rotatable bonds is 3. The highest BCUT2D eigenvalue weighted by Crippen LogP contribution is 2.35. The van der Waals surface area contributed by atoms with Crippen molar-refractivity contribution < 1.29 is 14.5 Å². The Balaban J connectivity index is 2.77. The van der Waals surface area contributed by atoms with E-state index in [9.17, 15) is 14.9 Å². The fourth-order valence-corrected chi connectivity index (χ4v) is 1.75. The Morgan fingerprint density at radius 1 is 1.53 bits per heavy atom. The molecular weight excluding hydrogens is 252 g/mol. The molecule has 0 amide bonds. The Hall–Kier alpha value is -2.90. The monoisotopic (exact) mass is 262 g/mol. The quantitative estimate of drug-likeness (QED) is 0.488. The third kappa shape index (κ3) is 2.10. The van der Waals surface area contributed by atoms with Gasteiger partial charge in [-0.3, -0.25) is 15.2 Å². The zero-order chi connectivity index (χ0) is 14.0. The molecule has 0 bridgehead atoms. The number of aromatic amines is 1. The van der Waals surface area contributed by atoms with Gasteiger partial charge in [0.25, 0.3) is 5.69 Å². The highest BCUT2D eigenvalue weighted by Gasteiger charge is 2.25. The zero-order valence-electron chi connectivity index (χ0n) is 9.91. The topological polar surface area (TPSA) is 124 Å². The highest BCUT2D eigenvalue weighted by molar-refractivity contribution is 6.01. The van der Waals surface area contributed by atoms with E-state index >= 15 is 0 Å². The van der Waals surface area contributed by atoms with Crippen molar-refractivity contribution >= 4 is 17.5 Å². The van der Waals surface area contributed by atoms with Gasteiger partial charge in [-0.25, -0.2) is 4.79 Å². The van der Waals surface area contributed by atoms with E-state index in [2.05, 4.69) is 14.9 Å². The van der Waals surface area contributed by atoms with Crippen LogP contribution in [-0.2, 0) is 4.74 Å². The first-order valence-electron chi connectivity index (χ1n) is 5.21. The number of H-pyrrole nitrogens is 1. The molecule has 0 unspecified atom stereocenters. The number of methoxy groups -OCH3 is 1. The first kappa shape index (κ1) is 12.6. The fourth-order valence-electron chi connectivity index (χ4n) is 1.75. The maximum absolute atomic E-state index is 11.7. The number of nitro groups is 1. The molecule has 1 aromatic heterocycles. The van der Waals surface area contributed by atoms with Gasteiger partial charge in [-0.2, -0.15) is 5.10 Å². The molecule has 8 nitrogen and oxygen atoms in total. The summed E-state index contributed by atoms with van der Waals surface area (Å²) >= 11 is 0.